The van der Waals surface area contributed by atoms with E-state index in [1.165, 1.54) is 0 Å². The average Bonchev–Trinajstić information content (AvgIpc) is 1.82. The van der Waals surface area contributed by atoms with Gasteiger partial charge in [0, 0.05) is 9.51 Å². The molecule has 0 radical (unpaired) electrons. The van der Waals surface area contributed by atoms with Crippen LogP contribution < -0.4 is 0 Å². The minimum Gasteiger partial charge on any atom is -0.0876 e. The van der Waals surface area contributed by atoms with E-state index in [1.807, 2.05) is 25.2 Å². The topological polar surface area (TPSA) is 0 Å². The van der Waals surface area contributed by atoms with Crippen LogP contribution >= 0.6 is 27.5 Å². The maximum atomic E-state index is 5.52. The molecule has 0 bridgehead atoms. The van der Waals surface area contributed by atoms with Crippen molar-refractivity contribution in [3.63, 3.8) is 0 Å². The molecule has 9 heavy (non-hydrogen) atoms. The van der Waals surface area contributed by atoms with E-state index < -0.39 is 0 Å². The lowest BCUT2D eigenvalue weighted by atomic mass is 10.4. The molecule has 2 heteroatoms. The highest BCUT2D eigenvalue weighted by atomic mass is 79.9. The Bertz CT molecular complexity index is 156. The second-order valence-electron chi connectivity index (χ2n) is 1.45. The summed E-state index contributed by atoms with van der Waals surface area (Å²) in [6.45, 7) is 5.46. The standard InChI is InChI=1S/C7H8BrCl/c1-3-4-5-7(8)6(2)9/h3-5H,2H2,1H3/b4-3+,7-5+. The zero-order valence-corrected chi connectivity index (χ0v) is 7.54. The molecule has 0 aromatic rings. The lowest BCUT2D eigenvalue weighted by Gasteiger charge is -1.88. The number of hydrogen-bond donors (Lipinski definition) is 0. The minimum absolute atomic E-state index is 0.521. The van der Waals surface area contributed by atoms with Gasteiger partial charge in [-0.15, -0.1) is 0 Å². The van der Waals surface area contributed by atoms with Gasteiger partial charge in [-0.2, -0.15) is 0 Å². The van der Waals surface area contributed by atoms with Crippen LogP contribution in [0.5, 0.6) is 0 Å². The molecule has 0 nitrogen and oxygen atoms in total. The van der Waals surface area contributed by atoms with Crippen LogP contribution in [0, 0.1) is 0 Å². The van der Waals surface area contributed by atoms with Gasteiger partial charge >= 0.3 is 0 Å². The first-order valence-corrected chi connectivity index (χ1v) is 3.69. The minimum atomic E-state index is 0.521. The van der Waals surface area contributed by atoms with Crippen molar-refractivity contribution < 1.29 is 0 Å². The molecule has 0 aromatic carbocycles. The quantitative estimate of drug-likeness (QED) is 0.607. The second kappa shape index (κ2) is 4.83. The van der Waals surface area contributed by atoms with E-state index in [9.17, 15) is 0 Å². The third kappa shape index (κ3) is 4.49. The summed E-state index contributed by atoms with van der Waals surface area (Å²) in [4.78, 5) is 0. The van der Waals surface area contributed by atoms with Gasteiger partial charge < -0.3 is 0 Å². The predicted molar refractivity (Wildman–Crippen MR) is 46.8 cm³/mol. The van der Waals surface area contributed by atoms with Gasteiger partial charge in [-0.25, -0.2) is 0 Å². The highest BCUT2D eigenvalue weighted by Gasteiger charge is 1.88. The van der Waals surface area contributed by atoms with Crippen LogP contribution in [-0.2, 0) is 0 Å². The third-order valence-electron chi connectivity index (χ3n) is 0.694. The van der Waals surface area contributed by atoms with E-state index in [4.69, 9.17) is 11.6 Å². The average molecular weight is 207 g/mol. The molecule has 0 amide bonds. The summed E-state index contributed by atoms with van der Waals surface area (Å²) < 4.78 is 0.822. The number of hydrogen-bond acceptors (Lipinski definition) is 0. The van der Waals surface area contributed by atoms with Crippen LogP contribution in [-0.4, -0.2) is 0 Å². The maximum absolute atomic E-state index is 5.52. The molecular weight excluding hydrogens is 199 g/mol. The molecule has 0 atom stereocenters. The summed E-state index contributed by atoms with van der Waals surface area (Å²) >= 11 is 8.74. The zero-order chi connectivity index (χ0) is 7.28. The van der Waals surface area contributed by atoms with Crippen molar-refractivity contribution in [1.29, 1.82) is 0 Å². The van der Waals surface area contributed by atoms with Crippen molar-refractivity contribution in [3.8, 4) is 0 Å². The molecular formula is C7H8BrCl. The Balaban J connectivity index is 4.00. The molecule has 0 aliphatic rings. The highest BCUT2D eigenvalue weighted by molar-refractivity contribution is 9.12. The molecule has 0 saturated carbocycles. The normalized spacial score (nSPS) is 12.6. The smallest absolute Gasteiger partial charge is 0.0476 e. The first-order valence-electron chi connectivity index (χ1n) is 2.51. The summed E-state index contributed by atoms with van der Waals surface area (Å²) in [6.07, 6.45) is 5.65. The highest BCUT2D eigenvalue weighted by Crippen LogP contribution is 2.18. The summed E-state index contributed by atoms with van der Waals surface area (Å²) in [5.41, 5.74) is 0. The fourth-order valence-electron chi connectivity index (χ4n) is 0.271. The van der Waals surface area contributed by atoms with Gasteiger partial charge in [0.05, 0.1) is 0 Å². The molecule has 0 aromatic heterocycles. The molecule has 0 N–H and O–H groups in total. The summed E-state index contributed by atoms with van der Waals surface area (Å²) in [6, 6.07) is 0. The Kier molecular flexibility index (Phi) is 4.83. The molecule has 0 fully saturated rings. The molecule has 0 aliphatic carbocycles. The fourth-order valence-corrected chi connectivity index (χ4v) is 0.487. The lowest BCUT2D eigenvalue weighted by molar-refractivity contribution is 1.72. The first-order chi connectivity index (χ1) is 4.18. The van der Waals surface area contributed by atoms with Crippen molar-refractivity contribution in [2.75, 3.05) is 0 Å². The van der Waals surface area contributed by atoms with Gasteiger partial charge in [-0.1, -0.05) is 30.3 Å². The molecule has 0 unspecified atom stereocenters. The molecule has 50 valence electrons. The van der Waals surface area contributed by atoms with Crippen molar-refractivity contribution in [3.05, 3.63) is 34.3 Å². The van der Waals surface area contributed by atoms with Crippen molar-refractivity contribution in [2.45, 2.75) is 6.92 Å². The van der Waals surface area contributed by atoms with Crippen LogP contribution in [0.25, 0.3) is 0 Å². The van der Waals surface area contributed by atoms with E-state index in [0.717, 1.165) is 4.48 Å². The van der Waals surface area contributed by atoms with Gasteiger partial charge in [0.25, 0.3) is 0 Å². The van der Waals surface area contributed by atoms with E-state index in [-0.39, 0.29) is 0 Å². The van der Waals surface area contributed by atoms with Crippen molar-refractivity contribution in [1.82, 2.24) is 0 Å². The molecule has 0 aliphatic heterocycles. The Hall–Kier alpha value is -0.0100. The van der Waals surface area contributed by atoms with E-state index in [0.29, 0.717) is 5.03 Å². The molecule has 0 saturated heterocycles. The van der Waals surface area contributed by atoms with Gasteiger partial charge in [0.15, 0.2) is 0 Å². The van der Waals surface area contributed by atoms with Crippen LogP contribution in [0.3, 0.4) is 0 Å². The monoisotopic (exact) mass is 206 g/mol. The van der Waals surface area contributed by atoms with Crippen molar-refractivity contribution >= 4 is 27.5 Å². The number of rotatable bonds is 2. The summed E-state index contributed by atoms with van der Waals surface area (Å²) in [5, 5.41) is 0.521. The maximum Gasteiger partial charge on any atom is 0.0476 e. The Morgan fingerprint density at radius 2 is 2.22 bits per heavy atom. The van der Waals surface area contributed by atoms with E-state index in [1.54, 1.807) is 0 Å². The zero-order valence-electron chi connectivity index (χ0n) is 5.20. The van der Waals surface area contributed by atoms with Crippen molar-refractivity contribution in [2.24, 2.45) is 0 Å². The Morgan fingerprint density at radius 1 is 1.67 bits per heavy atom. The lowest BCUT2D eigenvalue weighted by Crippen LogP contribution is -1.64. The van der Waals surface area contributed by atoms with Gasteiger partial charge in [-0.3, -0.25) is 0 Å². The third-order valence-corrected chi connectivity index (χ3v) is 1.87. The van der Waals surface area contributed by atoms with Gasteiger partial charge in [0.2, 0.25) is 0 Å². The largest absolute Gasteiger partial charge is 0.0876 e. The summed E-state index contributed by atoms with van der Waals surface area (Å²) in [5.74, 6) is 0. The van der Waals surface area contributed by atoms with E-state index in [2.05, 4.69) is 22.5 Å². The van der Waals surface area contributed by atoms with Crippen LogP contribution in [0.1, 0.15) is 6.92 Å². The summed E-state index contributed by atoms with van der Waals surface area (Å²) in [7, 11) is 0. The predicted octanol–water partition coefficient (Wildman–Crippen LogP) is 3.59. The molecule has 0 heterocycles. The van der Waals surface area contributed by atoms with E-state index >= 15 is 0 Å². The first kappa shape index (κ1) is 8.99. The fraction of sp³-hybridized carbons (Fsp3) is 0.143. The SMILES string of the molecule is C=C(Cl)/C(Br)=C\C=C\C. The van der Waals surface area contributed by atoms with Crippen LogP contribution in [0.4, 0.5) is 0 Å². The van der Waals surface area contributed by atoms with Gasteiger partial charge in [-0.05, 0) is 28.9 Å². The second-order valence-corrected chi connectivity index (χ2v) is 2.76. The molecule has 0 rings (SSSR count). The Labute approximate surface area is 69.0 Å². The molecule has 0 spiro atoms. The van der Waals surface area contributed by atoms with Gasteiger partial charge in [0.1, 0.15) is 0 Å². The Morgan fingerprint density at radius 3 is 2.56 bits per heavy atom. The number of halogens is 2. The van der Waals surface area contributed by atoms with Crippen LogP contribution in [0.15, 0.2) is 34.3 Å². The van der Waals surface area contributed by atoms with Crippen LogP contribution in [0.2, 0.25) is 0 Å². The number of allylic oxidation sites excluding steroid dienone is 5.